The third kappa shape index (κ3) is 3.93. The highest BCUT2D eigenvalue weighted by molar-refractivity contribution is 5.96. The summed E-state index contributed by atoms with van der Waals surface area (Å²) >= 11 is 0. The molecule has 0 amide bonds. The number of carbonyl (C=O) groups is 1. The lowest BCUT2D eigenvalue weighted by Crippen LogP contribution is -2.36. The van der Waals surface area contributed by atoms with Gasteiger partial charge in [-0.1, -0.05) is 56.3 Å². The van der Waals surface area contributed by atoms with Crippen LogP contribution in [-0.4, -0.2) is 19.5 Å². The van der Waals surface area contributed by atoms with Crippen molar-refractivity contribution < 1.29 is 4.79 Å². The first-order chi connectivity index (χ1) is 16.7. The molecule has 0 fully saturated rings. The fourth-order valence-corrected chi connectivity index (χ4v) is 5.00. The van der Waals surface area contributed by atoms with Crippen molar-refractivity contribution in [1.29, 1.82) is 0 Å². The van der Waals surface area contributed by atoms with Crippen LogP contribution in [0.1, 0.15) is 26.7 Å². The van der Waals surface area contributed by atoms with Gasteiger partial charge in [-0.3, -0.25) is 18.7 Å². The molecule has 35 heavy (non-hydrogen) atoms. The van der Waals surface area contributed by atoms with E-state index in [1.165, 1.54) is 11.6 Å². The minimum absolute atomic E-state index is 0.108. The highest BCUT2D eigenvalue weighted by Gasteiger charge is 2.28. The quantitative estimate of drug-likeness (QED) is 0.482. The molecule has 1 N–H and O–H groups in total. The minimum atomic E-state index is -0.376. The molecule has 0 atom stereocenters. The van der Waals surface area contributed by atoms with Crippen LogP contribution < -0.4 is 16.6 Å². The third-order valence-electron chi connectivity index (χ3n) is 6.60. The molecule has 0 bridgehead atoms. The summed E-state index contributed by atoms with van der Waals surface area (Å²) in [4.78, 5) is 38.3. The van der Waals surface area contributed by atoms with Gasteiger partial charge in [0.1, 0.15) is 0 Å². The molecule has 2 aromatic carbocycles. The van der Waals surface area contributed by atoms with Gasteiger partial charge in [-0.2, -0.15) is 0 Å². The molecule has 0 spiro atoms. The van der Waals surface area contributed by atoms with E-state index >= 15 is 0 Å². The van der Waals surface area contributed by atoms with Crippen molar-refractivity contribution in [2.45, 2.75) is 26.7 Å². The van der Waals surface area contributed by atoms with Crippen LogP contribution in [0.2, 0.25) is 0 Å². The van der Waals surface area contributed by atoms with Gasteiger partial charge in [0.15, 0.2) is 5.78 Å². The molecule has 0 saturated heterocycles. The van der Waals surface area contributed by atoms with E-state index in [1.54, 1.807) is 13.1 Å². The number of allylic oxidation sites excluding steroid dienone is 2. The lowest BCUT2D eigenvalue weighted by molar-refractivity contribution is -0.117. The van der Waals surface area contributed by atoms with Crippen molar-refractivity contribution in [2.75, 3.05) is 5.32 Å². The lowest BCUT2D eigenvalue weighted by Gasteiger charge is -2.29. The third-order valence-corrected chi connectivity index (χ3v) is 6.60. The van der Waals surface area contributed by atoms with E-state index in [0.717, 1.165) is 33.6 Å². The minimum Gasteiger partial charge on any atom is -0.357 e. The molecule has 0 unspecified atom stereocenters. The molecule has 0 radical (unpaired) electrons. The maximum absolute atomic E-state index is 13.3. The number of para-hydroxylation sites is 2. The number of nitrogens with zero attached hydrogens (tertiary/aromatic N) is 3. The van der Waals surface area contributed by atoms with Crippen LogP contribution in [-0.2, 0) is 18.9 Å². The molecule has 1 aliphatic rings. The maximum atomic E-state index is 13.3. The molecule has 5 rings (SSSR count). The Labute approximate surface area is 202 Å². The zero-order valence-corrected chi connectivity index (χ0v) is 20.3. The zero-order chi connectivity index (χ0) is 24.9. The number of aryl methyl sites for hydroxylation is 1. The van der Waals surface area contributed by atoms with E-state index in [9.17, 15) is 14.4 Å². The summed E-state index contributed by atoms with van der Waals surface area (Å²) < 4.78 is 4.60. The van der Waals surface area contributed by atoms with Crippen molar-refractivity contribution in [3.05, 3.63) is 93.4 Å². The number of anilines is 1. The van der Waals surface area contributed by atoms with Gasteiger partial charge in [0.05, 0.1) is 28.0 Å². The average molecular weight is 469 g/mol. The molecule has 1 aliphatic carbocycles. The summed E-state index contributed by atoms with van der Waals surface area (Å²) in [5.41, 5.74) is 3.77. The van der Waals surface area contributed by atoms with E-state index in [2.05, 4.69) is 19.2 Å². The molecule has 7 nitrogen and oxygen atoms in total. The van der Waals surface area contributed by atoms with Crippen molar-refractivity contribution in [1.82, 2.24) is 13.7 Å². The molecule has 0 saturated carbocycles. The number of hydrogen-bond acceptors (Lipinski definition) is 4. The van der Waals surface area contributed by atoms with Gasteiger partial charge in [0.2, 0.25) is 0 Å². The monoisotopic (exact) mass is 468 g/mol. The second kappa shape index (κ2) is 8.27. The van der Waals surface area contributed by atoms with Crippen LogP contribution in [0.3, 0.4) is 0 Å². The van der Waals surface area contributed by atoms with Gasteiger partial charge in [-0.25, -0.2) is 4.79 Å². The van der Waals surface area contributed by atoms with Gasteiger partial charge < -0.3 is 9.88 Å². The Hall–Kier alpha value is -4.13. The Morgan fingerprint density at radius 2 is 1.54 bits per heavy atom. The van der Waals surface area contributed by atoms with Crippen molar-refractivity contribution in [2.24, 2.45) is 19.5 Å². The van der Waals surface area contributed by atoms with Crippen LogP contribution in [0, 0.1) is 5.41 Å². The van der Waals surface area contributed by atoms with E-state index in [0.29, 0.717) is 23.0 Å². The predicted molar refractivity (Wildman–Crippen MR) is 139 cm³/mol. The fraction of sp³-hybridized carbons (Fsp3) is 0.250. The summed E-state index contributed by atoms with van der Waals surface area (Å²) in [7, 11) is 3.17. The van der Waals surface area contributed by atoms with Crippen molar-refractivity contribution in [3.8, 4) is 16.9 Å². The standard InChI is InChI=1S/C28H28N4O3/c1-28(2)15-19(14-20(33)16-28)29-21-12-8-9-13-22(21)32-17-23-24(25(32)18-10-6-5-7-11-18)26(34)31(4)27(35)30(23)3/h5-14,17,29H,15-16H2,1-4H3. The number of fused-ring (bicyclic) bond motifs is 1. The van der Waals surface area contributed by atoms with Crippen molar-refractivity contribution in [3.63, 3.8) is 0 Å². The SMILES string of the molecule is Cn1c(=O)c2c(-c3ccccc3)n(-c3ccccc3NC3=CC(=O)CC(C)(C)C3)cc2n(C)c1=O. The Morgan fingerprint density at radius 3 is 2.26 bits per heavy atom. The number of hydrogen-bond donors (Lipinski definition) is 1. The van der Waals surface area contributed by atoms with Crippen LogP contribution in [0.5, 0.6) is 0 Å². The number of aromatic nitrogens is 3. The summed E-state index contributed by atoms with van der Waals surface area (Å²) in [6.07, 6.45) is 4.80. The van der Waals surface area contributed by atoms with Crippen molar-refractivity contribution >= 4 is 22.4 Å². The lowest BCUT2D eigenvalue weighted by atomic mass is 9.79. The van der Waals surface area contributed by atoms with E-state index in [1.807, 2.05) is 65.4 Å². The summed E-state index contributed by atoms with van der Waals surface area (Å²) in [5, 5.41) is 3.95. The van der Waals surface area contributed by atoms with Gasteiger partial charge in [-0.15, -0.1) is 0 Å². The van der Waals surface area contributed by atoms with Crippen LogP contribution in [0.15, 0.2) is 82.2 Å². The molecule has 4 aromatic rings. The zero-order valence-electron chi connectivity index (χ0n) is 20.3. The van der Waals surface area contributed by atoms with E-state index in [-0.39, 0.29) is 22.4 Å². The maximum Gasteiger partial charge on any atom is 0.330 e. The summed E-state index contributed by atoms with van der Waals surface area (Å²) in [6.45, 7) is 4.18. The number of ketones is 1. The molecule has 178 valence electrons. The molecule has 2 aromatic heterocycles. The highest BCUT2D eigenvalue weighted by atomic mass is 16.2. The molecular formula is C28H28N4O3. The molecule has 2 heterocycles. The Morgan fingerprint density at radius 1 is 0.857 bits per heavy atom. The van der Waals surface area contributed by atoms with Crippen LogP contribution in [0.25, 0.3) is 27.8 Å². The second-order valence-corrected chi connectivity index (χ2v) is 9.98. The van der Waals surface area contributed by atoms with Crippen LogP contribution in [0.4, 0.5) is 5.69 Å². The predicted octanol–water partition coefficient (Wildman–Crippen LogP) is 4.38. The van der Waals surface area contributed by atoms with E-state index in [4.69, 9.17) is 0 Å². The number of rotatable bonds is 4. The molecular weight excluding hydrogens is 440 g/mol. The van der Waals surface area contributed by atoms with Gasteiger partial charge in [-0.05, 0) is 29.5 Å². The Kier molecular flexibility index (Phi) is 5.35. The molecule has 0 aliphatic heterocycles. The van der Waals surface area contributed by atoms with Crippen LogP contribution >= 0.6 is 0 Å². The first-order valence-electron chi connectivity index (χ1n) is 11.6. The van der Waals surface area contributed by atoms with E-state index < -0.39 is 0 Å². The van der Waals surface area contributed by atoms with Gasteiger partial charge >= 0.3 is 5.69 Å². The average Bonchev–Trinajstić information content (AvgIpc) is 3.21. The number of benzene rings is 2. The highest BCUT2D eigenvalue weighted by Crippen LogP contribution is 2.37. The Balaban J connectivity index is 1.77. The normalized spacial score (nSPS) is 15.3. The number of nitrogens with one attached hydrogen (secondary N) is 1. The molecule has 7 heteroatoms. The second-order valence-electron chi connectivity index (χ2n) is 9.98. The first kappa shape index (κ1) is 22.7. The smallest absolute Gasteiger partial charge is 0.330 e. The van der Waals surface area contributed by atoms with Gasteiger partial charge in [0.25, 0.3) is 5.56 Å². The number of carbonyl (C=O) groups excluding carboxylic acids is 1. The summed E-state index contributed by atoms with van der Waals surface area (Å²) in [5.74, 6) is 0.108. The van der Waals surface area contributed by atoms with Gasteiger partial charge in [0, 0.05) is 38.5 Å². The topological polar surface area (TPSA) is 78.0 Å². The fourth-order valence-electron chi connectivity index (χ4n) is 5.00. The largest absolute Gasteiger partial charge is 0.357 e. The summed E-state index contributed by atoms with van der Waals surface area (Å²) in [6, 6.07) is 17.5. The first-order valence-corrected chi connectivity index (χ1v) is 11.6. The Bertz CT molecular complexity index is 1620.